The van der Waals surface area contributed by atoms with Crippen LogP contribution in [0.15, 0.2) is 18.2 Å². The third-order valence-corrected chi connectivity index (χ3v) is 1.99. The van der Waals surface area contributed by atoms with Crippen molar-refractivity contribution in [1.82, 2.24) is 0 Å². The number of para-hydroxylation sites is 1. The van der Waals surface area contributed by atoms with Crippen molar-refractivity contribution in [2.45, 2.75) is 13.3 Å². The standard InChI is InChI=1S/C11H17NO2/c1-9-5-3-6-10(13-2)11(9)14-8-4-7-12/h3,5-6H,4,7-8,12H2,1-2H3. The molecule has 3 heteroatoms. The van der Waals surface area contributed by atoms with Crippen LogP contribution in [-0.4, -0.2) is 20.3 Å². The Morgan fingerprint density at radius 1 is 1.36 bits per heavy atom. The van der Waals surface area contributed by atoms with E-state index in [4.69, 9.17) is 15.2 Å². The maximum Gasteiger partial charge on any atom is 0.164 e. The minimum atomic E-state index is 0.637. The van der Waals surface area contributed by atoms with Gasteiger partial charge in [0.2, 0.25) is 0 Å². The summed E-state index contributed by atoms with van der Waals surface area (Å²) in [5.74, 6) is 1.60. The van der Waals surface area contributed by atoms with Crippen LogP contribution in [0, 0.1) is 6.92 Å². The Hall–Kier alpha value is -1.22. The first-order valence-corrected chi connectivity index (χ1v) is 4.76. The van der Waals surface area contributed by atoms with Gasteiger partial charge in [0.15, 0.2) is 11.5 Å². The number of hydrogen-bond donors (Lipinski definition) is 1. The first-order chi connectivity index (χ1) is 6.79. The van der Waals surface area contributed by atoms with Crippen molar-refractivity contribution in [3.05, 3.63) is 23.8 Å². The summed E-state index contributed by atoms with van der Waals surface area (Å²) in [6.07, 6.45) is 0.859. The second-order valence-electron chi connectivity index (χ2n) is 3.10. The molecule has 0 aromatic heterocycles. The smallest absolute Gasteiger partial charge is 0.164 e. The van der Waals surface area contributed by atoms with E-state index < -0.39 is 0 Å². The summed E-state index contributed by atoms with van der Waals surface area (Å²) < 4.78 is 10.8. The van der Waals surface area contributed by atoms with Gasteiger partial charge in [0.25, 0.3) is 0 Å². The van der Waals surface area contributed by atoms with Crippen molar-refractivity contribution >= 4 is 0 Å². The van der Waals surface area contributed by atoms with Crippen LogP contribution in [0.3, 0.4) is 0 Å². The number of ether oxygens (including phenoxy) is 2. The van der Waals surface area contributed by atoms with Gasteiger partial charge in [-0.05, 0) is 31.5 Å². The third-order valence-electron chi connectivity index (χ3n) is 1.99. The molecule has 1 rings (SSSR count). The summed E-state index contributed by atoms with van der Waals surface area (Å²) in [7, 11) is 1.64. The summed E-state index contributed by atoms with van der Waals surface area (Å²) >= 11 is 0. The van der Waals surface area contributed by atoms with Gasteiger partial charge < -0.3 is 15.2 Å². The van der Waals surface area contributed by atoms with Gasteiger partial charge in [0, 0.05) is 0 Å². The van der Waals surface area contributed by atoms with E-state index in [0.29, 0.717) is 13.2 Å². The molecule has 78 valence electrons. The van der Waals surface area contributed by atoms with Crippen molar-refractivity contribution in [2.24, 2.45) is 5.73 Å². The Bertz CT molecular complexity index is 287. The number of hydrogen-bond acceptors (Lipinski definition) is 3. The zero-order valence-corrected chi connectivity index (χ0v) is 8.75. The molecule has 0 heterocycles. The van der Waals surface area contributed by atoms with Gasteiger partial charge in [0.05, 0.1) is 13.7 Å². The van der Waals surface area contributed by atoms with Crippen LogP contribution >= 0.6 is 0 Å². The average Bonchev–Trinajstić information content (AvgIpc) is 2.20. The molecule has 0 aliphatic heterocycles. The normalized spacial score (nSPS) is 9.93. The molecule has 0 unspecified atom stereocenters. The van der Waals surface area contributed by atoms with Crippen LogP contribution < -0.4 is 15.2 Å². The molecular formula is C11H17NO2. The highest BCUT2D eigenvalue weighted by Gasteiger charge is 2.06. The largest absolute Gasteiger partial charge is 0.493 e. The lowest BCUT2D eigenvalue weighted by atomic mass is 10.2. The van der Waals surface area contributed by atoms with E-state index in [2.05, 4.69) is 0 Å². The summed E-state index contributed by atoms with van der Waals surface area (Å²) in [6.45, 7) is 3.28. The van der Waals surface area contributed by atoms with Crippen LogP contribution in [0.2, 0.25) is 0 Å². The molecule has 0 amide bonds. The molecule has 0 atom stereocenters. The minimum absolute atomic E-state index is 0.637. The number of aryl methyl sites for hydroxylation is 1. The summed E-state index contributed by atoms with van der Waals surface area (Å²) in [5, 5.41) is 0. The molecule has 0 fully saturated rings. The molecular weight excluding hydrogens is 178 g/mol. The molecule has 0 aliphatic carbocycles. The molecule has 0 bridgehead atoms. The maximum atomic E-state index is 5.59. The Kier molecular flexibility index (Phi) is 4.26. The highest BCUT2D eigenvalue weighted by molar-refractivity contribution is 5.45. The molecule has 0 aliphatic rings. The van der Waals surface area contributed by atoms with Crippen molar-refractivity contribution in [3.63, 3.8) is 0 Å². The second-order valence-corrected chi connectivity index (χ2v) is 3.10. The molecule has 0 saturated heterocycles. The van der Waals surface area contributed by atoms with Crippen LogP contribution in [0.4, 0.5) is 0 Å². The molecule has 3 nitrogen and oxygen atoms in total. The van der Waals surface area contributed by atoms with Gasteiger partial charge >= 0.3 is 0 Å². The lowest BCUT2D eigenvalue weighted by Gasteiger charge is -2.12. The van der Waals surface area contributed by atoms with Crippen LogP contribution in [0.25, 0.3) is 0 Å². The van der Waals surface area contributed by atoms with Crippen LogP contribution in [0.1, 0.15) is 12.0 Å². The first-order valence-electron chi connectivity index (χ1n) is 4.76. The van der Waals surface area contributed by atoms with Gasteiger partial charge in [0.1, 0.15) is 0 Å². The van der Waals surface area contributed by atoms with Gasteiger partial charge in [-0.2, -0.15) is 0 Å². The predicted octanol–water partition coefficient (Wildman–Crippen LogP) is 1.73. The number of methoxy groups -OCH3 is 1. The van der Waals surface area contributed by atoms with E-state index in [1.807, 2.05) is 25.1 Å². The first kappa shape index (κ1) is 10.9. The number of rotatable bonds is 5. The van der Waals surface area contributed by atoms with Crippen LogP contribution in [-0.2, 0) is 0 Å². The zero-order chi connectivity index (χ0) is 10.4. The summed E-state index contributed by atoms with van der Waals surface area (Å²) in [4.78, 5) is 0. The van der Waals surface area contributed by atoms with Crippen molar-refractivity contribution in [3.8, 4) is 11.5 Å². The van der Waals surface area contributed by atoms with E-state index in [0.717, 1.165) is 23.5 Å². The second kappa shape index (κ2) is 5.50. The van der Waals surface area contributed by atoms with Gasteiger partial charge in [-0.25, -0.2) is 0 Å². The highest BCUT2D eigenvalue weighted by atomic mass is 16.5. The lowest BCUT2D eigenvalue weighted by Crippen LogP contribution is -2.07. The minimum Gasteiger partial charge on any atom is -0.493 e. The highest BCUT2D eigenvalue weighted by Crippen LogP contribution is 2.30. The molecule has 1 aromatic rings. The Balaban J connectivity index is 2.72. The van der Waals surface area contributed by atoms with Gasteiger partial charge in [-0.3, -0.25) is 0 Å². The van der Waals surface area contributed by atoms with Crippen molar-refractivity contribution in [1.29, 1.82) is 0 Å². The predicted molar refractivity (Wildman–Crippen MR) is 56.9 cm³/mol. The van der Waals surface area contributed by atoms with Gasteiger partial charge in [-0.15, -0.1) is 0 Å². The van der Waals surface area contributed by atoms with Crippen LogP contribution in [0.5, 0.6) is 11.5 Å². The maximum absolute atomic E-state index is 5.59. The zero-order valence-electron chi connectivity index (χ0n) is 8.75. The topological polar surface area (TPSA) is 44.5 Å². The number of nitrogens with two attached hydrogens (primary N) is 1. The Morgan fingerprint density at radius 2 is 2.14 bits per heavy atom. The Labute approximate surface area is 84.8 Å². The van der Waals surface area contributed by atoms with E-state index in [9.17, 15) is 0 Å². The monoisotopic (exact) mass is 195 g/mol. The molecule has 0 spiro atoms. The van der Waals surface area contributed by atoms with Gasteiger partial charge in [-0.1, -0.05) is 12.1 Å². The number of benzene rings is 1. The molecule has 14 heavy (non-hydrogen) atoms. The molecule has 0 radical (unpaired) electrons. The fourth-order valence-electron chi connectivity index (χ4n) is 1.23. The molecule has 2 N–H and O–H groups in total. The Morgan fingerprint density at radius 3 is 2.79 bits per heavy atom. The van der Waals surface area contributed by atoms with Crippen molar-refractivity contribution in [2.75, 3.05) is 20.3 Å². The SMILES string of the molecule is COc1cccc(C)c1OCCCN. The fraction of sp³-hybridized carbons (Fsp3) is 0.455. The fourth-order valence-corrected chi connectivity index (χ4v) is 1.23. The van der Waals surface area contributed by atoms with Crippen molar-refractivity contribution < 1.29 is 9.47 Å². The molecule has 1 aromatic carbocycles. The lowest BCUT2D eigenvalue weighted by molar-refractivity contribution is 0.289. The van der Waals surface area contributed by atoms with E-state index in [1.165, 1.54) is 0 Å². The van der Waals surface area contributed by atoms with E-state index in [1.54, 1.807) is 7.11 Å². The van der Waals surface area contributed by atoms with E-state index >= 15 is 0 Å². The quantitative estimate of drug-likeness (QED) is 0.728. The summed E-state index contributed by atoms with van der Waals surface area (Å²) in [6, 6.07) is 5.84. The average molecular weight is 195 g/mol. The van der Waals surface area contributed by atoms with E-state index in [-0.39, 0.29) is 0 Å². The summed E-state index contributed by atoms with van der Waals surface area (Å²) in [5.41, 5.74) is 6.47. The third kappa shape index (κ3) is 2.64. The molecule has 0 saturated carbocycles.